The quantitative estimate of drug-likeness (QED) is 0.803. The molecule has 0 aliphatic heterocycles. The maximum atomic E-state index is 5.90. The molecule has 0 unspecified atom stereocenters. The van der Waals surface area contributed by atoms with Crippen LogP contribution < -0.4 is 5.32 Å². The SMILES string of the molecule is CNCc1oc2ccccc2c1Cn1cc(Br)cn1. The predicted molar refractivity (Wildman–Crippen MR) is 78.0 cm³/mol. The van der Waals surface area contributed by atoms with Crippen LogP contribution in [-0.4, -0.2) is 16.8 Å². The number of hydrogen-bond donors (Lipinski definition) is 1. The monoisotopic (exact) mass is 319 g/mol. The Labute approximate surface area is 119 Å². The fourth-order valence-electron chi connectivity index (χ4n) is 2.21. The van der Waals surface area contributed by atoms with E-state index in [4.69, 9.17) is 4.42 Å². The molecule has 19 heavy (non-hydrogen) atoms. The summed E-state index contributed by atoms with van der Waals surface area (Å²) < 4.78 is 8.79. The van der Waals surface area contributed by atoms with Crippen LogP contribution in [-0.2, 0) is 13.1 Å². The summed E-state index contributed by atoms with van der Waals surface area (Å²) in [4.78, 5) is 0. The fourth-order valence-corrected chi connectivity index (χ4v) is 2.54. The van der Waals surface area contributed by atoms with Crippen molar-refractivity contribution in [3.63, 3.8) is 0 Å². The number of nitrogens with zero attached hydrogens (tertiary/aromatic N) is 2. The number of para-hydroxylation sites is 1. The smallest absolute Gasteiger partial charge is 0.134 e. The molecule has 2 heterocycles. The van der Waals surface area contributed by atoms with E-state index in [0.29, 0.717) is 13.1 Å². The third-order valence-corrected chi connectivity index (χ3v) is 3.45. The Bertz CT molecular complexity index is 702. The molecule has 1 aromatic carbocycles. The fraction of sp³-hybridized carbons (Fsp3) is 0.214. The zero-order valence-corrected chi connectivity index (χ0v) is 12.1. The molecule has 3 rings (SSSR count). The highest BCUT2D eigenvalue weighted by Crippen LogP contribution is 2.26. The van der Waals surface area contributed by atoms with E-state index < -0.39 is 0 Å². The van der Waals surface area contributed by atoms with Crippen molar-refractivity contribution in [2.45, 2.75) is 13.1 Å². The molecule has 4 nitrogen and oxygen atoms in total. The van der Waals surface area contributed by atoms with Crippen LogP contribution in [0.2, 0.25) is 0 Å². The van der Waals surface area contributed by atoms with Crippen LogP contribution in [0.1, 0.15) is 11.3 Å². The average Bonchev–Trinajstić information content (AvgIpc) is 2.96. The van der Waals surface area contributed by atoms with Crippen molar-refractivity contribution in [2.24, 2.45) is 0 Å². The first kappa shape index (κ1) is 12.4. The molecule has 0 atom stereocenters. The largest absolute Gasteiger partial charge is 0.459 e. The highest BCUT2D eigenvalue weighted by molar-refractivity contribution is 9.10. The van der Waals surface area contributed by atoms with Gasteiger partial charge in [0.05, 0.1) is 23.8 Å². The Balaban J connectivity index is 2.06. The molecule has 0 aliphatic rings. The van der Waals surface area contributed by atoms with Gasteiger partial charge in [0, 0.05) is 17.1 Å². The number of fused-ring (bicyclic) bond motifs is 1. The number of hydrogen-bond acceptors (Lipinski definition) is 3. The lowest BCUT2D eigenvalue weighted by atomic mass is 10.1. The molecule has 3 aromatic rings. The summed E-state index contributed by atoms with van der Waals surface area (Å²) in [5.74, 6) is 0.968. The number of aromatic nitrogens is 2. The number of rotatable bonds is 4. The van der Waals surface area contributed by atoms with Gasteiger partial charge in [-0.3, -0.25) is 4.68 Å². The maximum absolute atomic E-state index is 5.90. The van der Waals surface area contributed by atoms with Crippen molar-refractivity contribution in [3.05, 3.63) is 52.5 Å². The zero-order valence-electron chi connectivity index (χ0n) is 10.6. The molecule has 0 aliphatic carbocycles. The number of halogens is 1. The van der Waals surface area contributed by atoms with Crippen LogP contribution >= 0.6 is 15.9 Å². The minimum atomic E-state index is 0.708. The molecule has 5 heteroatoms. The molecular formula is C14H14BrN3O. The van der Waals surface area contributed by atoms with E-state index in [1.54, 1.807) is 6.20 Å². The van der Waals surface area contributed by atoms with E-state index in [9.17, 15) is 0 Å². The Kier molecular flexibility index (Phi) is 3.40. The summed E-state index contributed by atoms with van der Waals surface area (Å²) in [5.41, 5.74) is 2.11. The van der Waals surface area contributed by atoms with Crippen molar-refractivity contribution in [2.75, 3.05) is 7.05 Å². The van der Waals surface area contributed by atoms with Gasteiger partial charge >= 0.3 is 0 Å². The van der Waals surface area contributed by atoms with Crippen molar-refractivity contribution >= 4 is 26.9 Å². The predicted octanol–water partition coefficient (Wildman–Crippen LogP) is 3.16. The lowest BCUT2D eigenvalue weighted by Gasteiger charge is -2.03. The molecule has 0 saturated heterocycles. The molecule has 1 N–H and O–H groups in total. The van der Waals surface area contributed by atoms with Crippen LogP contribution in [0, 0.1) is 0 Å². The van der Waals surface area contributed by atoms with Gasteiger partial charge in [0.1, 0.15) is 11.3 Å². The lowest BCUT2D eigenvalue weighted by Crippen LogP contribution is -2.08. The zero-order chi connectivity index (χ0) is 13.2. The molecule has 0 radical (unpaired) electrons. The van der Waals surface area contributed by atoms with Gasteiger partial charge in [-0.25, -0.2) is 0 Å². The van der Waals surface area contributed by atoms with Gasteiger partial charge in [0.15, 0.2) is 0 Å². The van der Waals surface area contributed by atoms with Crippen molar-refractivity contribution in [3.8, 4) is 0 Å². The van der Waals surface area contributed by atoms with Crippen molar-refractivity contribution < 1.29 is 4.42 Å². The maximum Gasteiger partial charge on any atom is 0.134 e. The van der Waals surface area contributed by atoms with Crippen molar-refractivity contribution in [1.29, 1.82) is 0 Å². The van der Waals surface area contributed by atoms with Crippen LogP contribution in [0.25, 0.3) is 11.0 Å². The summed E-state index contributed by atoms with van der Waals surface area (Å²) in [5, 5.41) is 8.60. The second kappa shape index (κ2) is 5.19. The lowest BCUT2D eigenvalue weighted by molar-refractivity contribution is 0.518. The Morgan fingerprint density at radius 1 is 1.37 bits per heavy atom. The van der Waals surface area contributed by atoms with Crippen LogP contribution in [0.3, 0.4) is 0 Å². The van der Waals surface area contributed by atoms with E-state index >= 15 is 0 Å². The van der Waals surface area contributed by atoms with Crippen LogP contribution in [0.5, 0.6) is 0 Å². The van der Waals surface area contributed by atoms with E-state index in [1.807, 2.05) is 36.1 Å². The second-order valence-electron chi connectivity index (χ2n) is 4.39. The number of furan rings is 1. The summed E-state index contributed by atoms with van der Waals surface area (Å²) in [7, 11) is 1.92. The molecular weight excluding hydrogens is 306 g/mol. The first-order chi connectivity index (χ1) is 9.28. The third kappa shape index (κ3) is 2.43. The molecule has 0 saturated carbocycles. The van der Waals surface area contributed by atoms with E-state index in [2.05, 4.69) is 32.4 Å². The molecule has 0 fully saturated rings. The minimum absolute atomic E-state index is 0.708. The first-order valence-corrected chi connectivity index (χ1v) is 6.89. The summed E-state index contributed by atoms with van der Waals surface area (Å²) >= 11 is 3.42. The molecule has 98 valence electrons. The highest BCUT2D eigenvalue weighted by atomic mass is 79.9. The third-order valence-electron chi connectivity index (χ3n) is 3.04. The summed E-state index contributed by atoms with van der Waals surface area (Å²) in [6.07, 6.45) is 3.75. The van der Waals surface area contributed by atoms with Gasteiger partial charge in [-0.2, -0.15) is 5.10 Å². The Hall–Kier alpha value is -1.59. The Morgan fingerprint density at radius 2 is 2.21 bits per heavy atom. The van der Waals surface area contributed by atoms with Gasteiger partial charge in [-0.15, -0.1) is 0 Å². The topological polar surface area (TPSA) is 43.0 Å². The number of benzene rings is 1. The van der Waals surface area contributed by atoms with Gasteiger partial charge in [0.25, 0.3) is 0 Å². The number of nitrogens with one attached hydrogen (secondary N) is 1. The molecule has 0 bridgehead atoms. The van der Waals surface area contributed by atoms with Crippen LogP contribution in [0.15, 0.2) is 45.5 Å². The normalized spacial score (nSPS) is 11.3. The summed E-state index contributed by atoms with van der Waals surface area (Å²) in [6, 6.07) is 8.11. The second-order valence-corrected chi connectivity index (χ2v) is 5.30. The standard InChI is InChI=1S/C14H14BrN3O/c1-16-7-14-12(9-18-8-10(15)6-17-18)11-4-2-3-5-13(11)19-14/h2-6,8,16H,7,9H2,1H3. The van der Waals surface area contributed by atoms with E-state index in [0.717, 1.165) is 21.2 Å². The minimum Gasteiger partial charge on any atom is -0.459 e. The average molecular weight is 320 g/mol. The van der Waals surface area contributed by atoms with E-state index in [-0.39, 0.29) is 0 Å². The van der Waals surface area contributed by atoms with Crippen LogP contribution in [0.4, 0.5) is 0 Å². The molecule has 2 aromatic heterocycles. The van der Waals surface area contributed by atoms with E-state index in [1.165, 1.54) is 5.56 Å². The van der Waals surface area contributed by atoms with Gasteiger partial charge in [-0.1, -0.05) is 18.2 Å². The molecule has 0 amide bonds. The Morgan fingerprint density at radius 3 is 2.95 bits per heavy atom. The highest BCUT2D eigenvalue weighted by Gasteiger charge is 2.13. The van der Waals surface area contributed by atoms with Gasteiger partial charge in [0.2, 0.25) is 0 Å². The molecule has 0 spiro atoms. The first-order valence-electron chi connectivity index (χ1n) is 6.10. The van der Waals surface area contributed by atoms with Gasteiger partial charge in [-0.05, 0) is 29.0 Å². The van der Waals surface area contributed by atoms with Gasteiger partial charge < -0.3 is 9.73 Å². The van der Waals surface area contributed by atoms with Crippen molar-refractivity contribution in [1.82, 2.24) is 15.1 Å². The summed E-state index contributed by atoms with van der Waals surface area (Å²) in [6.45, 7) is 1.42.